The van der Waals surface area contributed by atoms with Crippen molar-refractivity contribution >= 4 is 21.4 Å². The van der Waals surface area contributed by atoms with Crippen molar-refractivity contribution in [2.24, 2.45) is 5.73 Å². The second-order valence-electron chi connectivity index (χ2n) is 4.63. The first-order valence-electron chi connectivity index (χ1n) is 6.05. The summed E-state index contributed by atoms with van der Waals surface area (Å²) in [6.45, 7) is 2.56. The molecule has 6 heteroatoms. The van der Waals surface area contributed by atoms with E-state index in [2.05, 4.69) is 0 Å². The maximum absolute atomic E-state index is 12.2. The largest absolute Gasteiger partial charge is 0.399 e. The fourth-order valence-electron chi connectivity index (χ4n) is 2.49. The Hall–Kier alpha value is -1.27. The number of benzene rings is 1. The average molecular weight is 269 g/mol. The number of nitrogens with two attached hydrogens (primary N) is 2. The molecular weight excluding hydrogens is 250 g/mol. The van der Waals surface area contributed by atoms with Crippen molar-refractivity contribution in [2.75, 3.05) is 28.9 Å². The van der Waals surface area contributed by atoms with Crippen LogP contribution >= 0.6 is 0 Å². The van der Waals surface area contributed by atoms with Gasteiger partial charge in [0, 0.05) is 18.8 Å². The number of hydrogen-bond acceptors (Lipinski definition) is 4. The summed E-state index contributed by atoms with van der Waals surface area (Å²) in [5, 5.41) is 0. The van der Waals surface area contributed by atoms with Gasteiger partial charge in [0.2, 0.25) is 10.0 Å². The van der Waals surface area contributed by atoms with Crippen molar-refractivity contribution < 1.29 is 8.42 Å². The second kappa shape index (κ2) is 4.78. The number of rotatable bonds is 3. The lowest BCUT2D eigenvalue weighted by atomic mass is 9.99. The Balaban J connectivity index is 2.52. The molecule has 0 radical (unpaired) electrons. The predicted molar refractivity (Wildman–Crippen MR) is 74.1 cm³/mol. The first-order chi connectivity index (χ1) is 8.45. The molecule has 0 spiro atoms. The van der Waals surface area contributed by atoms with E-state index in [0.717, 1.165) is 29.7 Å². The van der Waals surface area contributed by atoms with E-state index in [1.165, 1.54) is 4.31 Å². The molecule has 1 aromatic rings. The van der Waals surface area contributed by atoms with Gasteiger partial charge in [0.15, 0.2) is 0 Å². The quantitative estimate of drug-likeness (QED) is 0.787. The molecule has 2 rings (SSSR count). The molecule has 0 atom stereocenters. The third-order valence-electron chi connectivity index (χ3n) is 3.17. The van der Waals surface area contributed by atoms with Gasteiger partial charge in [-0.15, -0.1) is 0 Å². The van der Waals surface area contributed by atoms with Crippen LogP contribution in [0.1, 0.15) is 17.5 Å². The Kier molecular flexibility index (Phi) is 3.49. The van der Waals surface area contributed by atoms with Gasteiger partial charge in [0.1, 0.15) is 0 Å². The molecule has 0 saturated heterocycles. The zero-order valence-electron chi connectivity index (χ0n) is 10.5. The highest BCUT2D eigenvalue weighted by Crippen LogP contribution is 2.34. The lowest BCUT2D eigenvalue weighted by Gasteiger charge is -2.32. The standard InChI is InChI=1S/C12H19N3O2S/c1-9-7-11(14)8-10-3-2-5-15(12(9)10)18(16,17)6-4-13/h7-8H,2-6,13-14H2,1H3. The number of sulfonamides is 1. The number of aryl methyl sites for hydroxylation is 2. The Bertz CT molecular complexity index is 555. The number of nitrogen functional groups attached to an aromatic ring is 1. The molecule has 0 unspecified atom stereocenters. The molecule has 18 heavy (non-hydrogen) atoms. The first kappa shape index (κ1) is 13.2. The number of nitrogens with zero attached hydrogens (tertiary/aromatic N) is 1. The summed E-state index contributed by atoms with van der Waals surface area (Å²) in [6, 6.07) is 3.68. The van der Waals surface area contributed by atoms with Crippen molar-refractivity contribution in [3.8, 4) is 0 Å². The molecule has 0 saturated carbocycles. The summed E-state index contributed by atoms with van der Waals surface area (Å²) >= 11 is 0. The number of hydrogen-bond donors (Lipinski definition) is 2. The normalized spacial score (nSPS) is 15.6. The van der Waals surface area contributed by atoms with Crippen molar-refractivity contribution in [3.63, 3.8) is 0 Å². The van der Waals surface area contributed by atoms with Crippen LogP contribution in [0.5, 0.6) is 0 Å². The van der Waals surface area contributed by atoms with E-state index in [1.54, 1.807) is 0 Å². The lowest BCUT2D eigenvalue weighted by Crippen LogP contribution is -2.39. The number of fused-ring (bicyclic) bond motifs is 1. The van der Waals surface area contributed by atoms with Crippen LogP contribution in [-0.4, -0.2) is 27.3 Å². The molecule has 0 amide bonds. The molecule has 1 heterocycles. The van der Waals surface area contributed by atoms with Gasteiger partial charge in [0.05, 0.1) is 11.4 Å². The van der Waals surface area contributed by atoms with Crippen LogP contribution in [-0.2, 0) is 16.4 Å². The first-order valence-corrected chi connectivity index (χ1v) is 7.66. The smallest absolute Gasteiger partial charge is 0.236 e. The Morgan fingerprint density at radius 1 is 1.39 bits per heavy atom. The molecule has 1 aliphatic rings. The Morgan fingerprint density at radius 3 is 2.78 bits per heavy atom. The van der Waals surface area contributed by atoms with Crippen LogP contribution in [0.3, 0.4) is 0 Å². The average Bonchev–Trinajstić information content (AvgIpc) is 2.27. The van der Waals surface area contributed by atoms with Crippen LogP contribution in [0.2, 0.25) is 0 Å². The molecular formula is C12H19N3O2S. The van der Waals surface area contributed by atoms with Gasteiger partial charge in [-0.1, -0.05) is 0 Å². The van der Waals surface area contributed by atoms with Crippen LogP contribution < -0.4 is 15.8 Å². The monoisotopic (exact) mass is 269 g/mol. The van der Waals surface area contributed by atoms with Gasteiger partial charge < -0.3 is 11.5 Å². The predicted octanol–water partition coefficient (Wildman–Crippen LogP) is 0.618. The van der Waals surface area contributed by atoms with E-state index in [9.17, 15) is 8.42 Å². The van der Waals surface area contributed by atoms with Gasteiger partial charge in [0.25, 0.3) is 0 Å². The molecule has 5 nitrogen and oxygen atoms in total. The van der Waals surface area contributed by atoms with Crippen molar-refractivity contribution in [3.05, 3.63) is 23.3 Å². The van der Waals surface area contributed by atoms with E-state index >= 15 is 0 Å². The van der Waals surface area contributed by atoms with E-state index in [0.29, 0.717) is 12.2 Å². The molecule has 100 valence electrons. The summed E-state index contributed by atoms with van der Waals surface area (Å²) in [7, 11) is -3.31. The second-order valence-corrected chi connectivity index (χ2v) is 6.64. The fourth-order valence-corrected chi connectivity index (χ4v) is 3.96. The Morgan fingerprint density at radius 2 is 2.11 bits per heavy atom. The molecule has 0 aliphatic carbocycles. The van der Waals surface area contributed by atoms with Crippen molar-refractivity contribution in [1.29, 1.82) is 0 Å². The fraction of sp³-hybridized carbons (Fsp3) is 0.500. The highest BCUT2D eigenvalue weighted by molar-refractivity contribution is 7.92. The maximum atomic E-state index is 12.2. The van der Waals surface area contributed by atoms with Crippen LogP contribution in [0, 0.1) is 6.92 Å². The Labute approximate surface area is 108 Å². The molecule has 0 fully saturated rings. The van der Waals surface area contributed by atoms with Gasteiger partial charge in [-0.25, -0.2) is 8.42 Å². The zero-order chi connectivity index (χ0) is 13.3. The van der Waals surface area contributed by atoms with Gasteiger partial charge in [-0.05, 0) is 43.0 Å². The third kappa shape index (κ3) is 2.30. The van der Waals surface area contributed by atoms with Crippen LogP contribution in [0.25, 0.3) is 0 Å². The third-order valence-corrected chi connectivity index (χ3v) is 4.96. The summed E-state index contributed by atoms with van der Waals surface area (Å²) in [6.07, 6.45) is 1.69. The van der Waals surface area contributed by atoms with Crippen LogP contribution in [0.4, 0.5) is 11.4 Å². The van der Waals surface area contributed by atoms with Gasteiger partial charge >= 0.3 is 0 Å². The minimum Gasteiger partial charge on any atom is -0.399 e. The zero-order valence-corrected chi connectivity index (χ0v) is 11.3. The summed E-state index contributed by atoms with van der Waals surface area (Å²) in [5.41, 5.74) is 14.6. The minimum absolute atomic E-state index is 0.0176. The molecule has 0 aromatic heterocycles. The highest BCUT2D eigenvalue weighted by atomic mass is 32.2. The van der Waals surface area contributed by atoms with E-state index < -0.39 is 10.0 Å². The molecule has 4 N–H and O–H groups in total. The summed E-state index contributed by atoms with van der Waals surface area (Å²) in [5.74, 6) is -0.0176. The highest BCUT2D eigenvalue weighted by Gasteiger charge is 2.28. The molecule has 1 aliphatic heterocycles. The van der Waals surface area contributed by atoms with E-state index in [4.69, 9.17) is 11.5 Å². The van der Waals surface area contributed by atoms with Crippen molar-refractivity contribution in [2.45, 2.75) is 19.8 Å². The van der Waals surface area contributed by atoms with Crippen LogP contribution in [0.15, 0.2) is 12.1 Å². The van der Waals surface area contributed by atoms with E-state index in [-0.39, 0.29) is 12.3 Å². The summed E-state index contributed by atoms with van der Waals surface area (Å²) < 4.78 is 25.9. The number of anilines is 2. The van der Waals surface area contributed by atoms with E-state index in [1.807, 2.05) is 19.1 Å². The van der Waals surface area contributed by atoms with Gasteiger partial charge in [-0.2, -0.15) is 0 Å². The lowest BCUT2D eigenvalue weighted by molar-refractivity contribution is 0.586. The summed E-state index contributed by atoms with van der Waals surface area (Å²) in [4.78, 5) is 0. The van der Waals surface area contributed by atoms with Crippen molar-refractivity contribution in [1.82, 2.24) is 0 Å². The SMILES string of the molecule is Cc1cc(N)cc2c1N(S(=O)(=O)CCN)CCC2. The minimum atomic E-state index is -3.31. The molecule has 1 aromatic carbocycles. The maximum Gasteiger partial charge on any atom is 0.236 e. The van der Waals surface area contributed by atoms with Gasteiger partial charge in [-0.3, -0.25) is 4.31 Å². The molecule has 0 bridgehead atoms. The topological polar surface area (TPSA) is 89.4 Å².